The first-order chi connectivity index (χ1) is 8.74. The summed E-state index contributed by atoms with van der Waals surface area (Å²) in [5, 5.41) is 3.99. The van der Waals surface area contributed by atoms with Gasteiger partial charge in [-0.1, -0.05) is 25.1 Å². The van der Waals surface area contributed by atoms with E-state index in [2.05, 4.69) is 10.3 Å². The molecule has 1 aromatic carbocycles. The summed E-state index contributed by atoms with van der Waals surface area (Å²) in [5.74, 6) is -0.0879. The molecule has 0 saturated heterocycles. The van der Waals surface area contributed by atoms with Crippen LogP contribution in [0.5, 0.6) is 0 Å². The Bertz CT molecular complexity index is 500. The molecule has 1 amide bonds. The Morgan fingerprint density at radius 3 is 2.89 bits per heavy atom. The molecular formula is C14H18N2O2. The minimum atomic E-state index is -0.0879. The second kappa shape index (κ2) is 5.69. The summed E-state index contributed by atoms with van der Waals surface area (Å²) in [6.45, 7) is 2.55. The number of ether oxygens (including phenoxy) is 1. The molecule has 0 bridgehead atoms. The third-order valence-corrected chi connectivity index (χ3v) is 2.97. The van der Waals surface area contributed by atoms with Gasteiger partial charge in [0, 0.05) is 18.0 Å². The minimum Gasteiger partial charge on any atom is -0.383 e. The van der Waals surface area contributed by atoms with Crippen molar-refractivity contribution in [1.82, 2.24) is 10.3 Å². The van der Waals surface area contributed by atoms with Crippen molar-refractivity contribution in [3.05, 3.63) is 36.0 Å². The number of fused-ring (bicyclic) bond motifs is 1. The zero-order valence-corrected chi connectivity index (χ0v) is 10.7. The van der Waals surface area contributed by atoms with Crippen LogP contribution in [-0.4, -0.2) is 30.6 Å². The van der Waals surface area contributed by atoms with Crippen molar-refractivity contribution in [2.24, 2.45) is 0 Å². The normalized spacial score (nSPS) is 12.6. The van der Waals surface area contributed by atoms with E-state index in [-0.39, 0.29) is 11.9 Å². The van der Waals surface area contributed by atoms with Crippen molar-refractivity contribution in [1.29, 1.82) is 0 Å². The molecule has 1 heterocycles. The predicted molar refractivity (Wildman–Crippen MR) is 71.7 cm³/mol. The number of para-hydroxylation sites is 1. The van der Waals surface area contributed by atoms with Crippen LogP contribution in [0.3, 0.4) is 0 Å². The van der Waals surface area contributed by atoms with Gasteiger partial charge in [-0.25, -0.2) is 0 Å². The number of aromatic nitrogens is 1. The van der Waals surface area contributed by atoms with Crippen molar-refractivity contribution in [3.63, 3.8) is 0 Å². The van der Waals surface area contributed by atoms with Crippen molar-refractivity contribution in [3.8, 4) is 0 Å². The first-order valence-corrected chi connectivity index (χ1v) is 6.12. The van der Waals surface area contributed by atoms with Crippen LogP contribution in [-0.2, 0) is 4.74 Å². The Kier molecular flexibility index (Phi) is 3.99. The third kappa shape index (κ3) is 2.71. The van der Waals surface area contributed by atoms with Crippen LogP contribution in [0.25, 0.3) is 10.9 Å². The highest BCUT2D eigenvalue weighted by Crippen LogP contribution is 2.14. The van der Waals surface area contributed by atoms with Gasteiger partial charge in [0.15, 0.2) is 0 Å². The van der Waals surface area contributed by atoms with Crippen LogP contribution in [0.2, 0.25) is 0 Å². The number of nitrogens with one attached hydrogen (secondary N) is 2. The van der Waals surface area contributed by atoms with Gasteiger partial charge in [0.05, 0.1) is 12.6 Å². The highest BCUT2D eigenvalue weighted by atomic mass is 16.5. The van der Waals surface area contributed by atoms with E-state index in [1.54, 1.807) is 7.11 Å². The van der Waals surface area contributed by atoms with Crippen LogP contribution >= 0.6 is 0 Å². The highest BCUT2D eigenvalue weighted by molar-refractivity contribution is 5.98. The topological polar surface area (TPSA) is 54.1 Å². The van der Waals surface area contributed by atoms with Crippen LogP contribution < -0.4 is 5.32 Å². The van der Waals surface area contributed by atoms with E-state index in [1.165, 1.54) is 0 Å². The molecule has 1 aromatic heterocycles. The summed E-state index contributed by atoms with van der Waals surface area (Å²) >= 11 is 0. The number of benzene rings is 1. The fraction of sp³-hybridized carbons (Fsp3) is 0.357. The van der Waals surface area contributed by atoms with E-state index in [9.17, 15) is 4.79 Å². The highest BCUT2D eigenvalue weighted by Gasteiger charge is 2.13. The standard InChI is InChI=1S/C14H18N2O2/c1-3-11(9-18-2)15-14(17)13-8-10-6-4-5-7-12(10)16-13/h4-8,11,16H,3,9H2,1-2H3,(H,15,17). The molecule has 1 atom stereocenters. The zero-order chi connectivity index (χ0) is 13.0. The smallest absolute Gasteiger partial charge is 0.268 e. The molecule has 4 nitrogen and oxygen atoms in total. The van der Waals surface area contributed by atoms with Gasteiger partial charge in [0.1, 0.15) is 5.69 Å². The molecule has 0 aliphatic carbocycles. The van der Waals surface area contributed by atoms with Crippen molar-refractivity contribution in [2.45, 2.75) is 19.4 Å². The largest absolute Gasteiger partial charge is 0.383 e. The van der Waals surface area contributed by atoms with Crippen LogP contribution in [0.15, 0.2) is 30.3 Å². The number of H-pyrrole nitrogens is 1. The lowest BCUT2D eigenvalue weighted by atomic mass is 10.2. The number of aromatic amines is 1. The molecule has 0 aliphatic rings. The van der Waals surface area contributed by atoms with Gasteiger partial charge < -0.3 is 15.0 Å². The summed E-state index contributed by atoms with van der Waals surface area (Å²) in [6, 6.07) is 9.75. The van der Waals surface area contributed by atoms with Crippen molar-refractivity contribution >= 4 is 16.8 Å². The molecule has 96 valence electrons. The van der Waals surface area contributed by atoms with Crippen LogP contribution in [0.1, 0.15) is 23.8 Å². The lowest BCUT2D eigenvalue weighted by Crippen LogP contribution is -2.37. The van der Waals surface area contributed by atoms with Crippen LogP contribution in [0.4, 0.5) is 0 Å². The third-order valence-electron chi connectivity index (χ3n) is 2.97. The lowest BCUT2D eigenvalue weighted by molar-refractivity contribution is 0.0890. The summed E-state index contributed by atoms with van der Waals surface area (Å²) in [6.07, 6.45) is 0.847. The lowest BCUT2D eigenvalue weighted by Gasteiger charge is -2.15. The average Bonchev–Trinajstić information content (AvgIpc) is 2.82. The molecule has 1 unspecified atom stereocenters. The number of hydrogen-bond donors (Lipinski definition) is 2. The van der Waals surface area contributed by atoms with E-state index in [4.69, 9.17) is 4.74 Å². The van der Waals surface area contributed by atoms with Crippen LogP contribution in [0, 0.1) is 0 Å². The van der Waals surface area contributed by atoms with E-state index in [1.807, 2.05) is 37.3 Å². The van der Waals surface area contributed by atoms with E-state index >= 15 is 0 Å². The molecule has 18 heavy (non-hydrogen) atoms. The predicted octanol–water partition coefficient (Wildman–Crippen LogP) is 2.32. The molecule has 2 rings (SSSR count). The number of carbonyl (C=O) groups excluding carboxylic acids is 1. The van der Waals surface area contributed by atoms with Gasteiger partial charge in [0.25, 0.3) is 5.91 Å². The molecule has 2 aromatic rings. The molecule has 2 N–H and O–H groups in total. The van der Waals surface area contributed by atoms with Gasteiger partial charge in [-0.15, -0.1) is 0 Å². The summed E-state index contributed by atoms with van der Waals surface area (Å²) in [5.41, 5.74) is 1.56. The fourth-order valence-corrected chi connectivity index (χ4v) is 1.92. The maximum absolute atomic E-state index is 12.1. The summed E-state index contributed by atoms with van der Waals surface area (Å²) in [4.78, 5) is 15.2. The van der Waals surface area contributed by atoms with Crippen molar-refractivity contribution in [2.75, 3.05) is 13.7 Å². The second-order valence-electron chi connectivity index (χ2n) is 4.30. The fourth-order valence-electron chi connectivity index (χ4n) is 1.92. The van der Waals surface area contributed by atoms with Gasteiger partial charge in [-0.2, -0.15) is 0 Å². The maximum atomic E-state index is 12.1. The molecule has 0 aliphatic heterocycles. The van der Waals surface area contributed by atoms with Gasteiger partial charge in [-0.05, 0) is 18.6 Å². The summed E-state index contributed by atoms with van der Waals surface area (Å²) in [7, 11) is 1.64. The molecule has 0 spiro atoms. The Morgan fingerprint density at radius 2 is 2.22 bits per heavy atom. The zero-order valence-electron chi connectivity index (χ0n) is 10.7. The number of amides is 1. The maximum Gasteiger partial charge on any atom is 0.268 e. The van der Waals surface area contributed by atoms with Gasteiger partial charge in [0.2, 0.25) is 0 Å². The molecule has 0 fully saturated rings. The Morgan fingerprint density at radius 1 is 1.44 bits per heavy atom. The monoisotopic (exact) mass is 246 g/mol. The minimum absolute atomic E-state index is 0.0499. The quantitative estimate of drug-likeness (QED) is 0.850. The van der Waals surface area contributed by atoms with E-state index in [0.717, 1.165) is 17.3 Å². The second-order valence-corrected chi connectivity index (χ2v) is 4.30. The van der Waals surface area contributed by atoms with Gasteiger partial charge in [-0.3, -0.25) is 4.79 Å². The van der Waals surface area contributed by atoms with E-state index in [0.29, 0.717) is 12.3 Å². The number of methoxy groups -OCH3 is 1. The number of hydrogen-bond acceptors (Lipinski definition) is 2. The van der Waals surface area contributed by atoms with Gasteiger partial charge >= 0.3 is 0 Å². The molecule has 0 saturated carbocycles. The van der Waals surface area contributed by atoms with E-state index < -0.39 is 0 Å². The SMILES string of the molecule is CCC(COC)NC(=O)c1cc2ccccc2[nH]1. The van der Waals surface area contributed by atoms with Crippen molar-refractivity contribution < 1.29 is 9.53 Å². The average molecular weight is 246 g/mol. The Balaban J connectivity index is 2.13. The number of rotatable bonds is 5. The number of carbonyl (C=O) groups is 1. The molecule has 4 heteroatoms. The Labute approximate surface area is 106 Å². The first-order valence-electron chi connectivity index (χ1n) is 6.12. The molecule has 0 radical (unpaired) electrons. The Hall–Kier alpha value is -1.81. The summed E-state index contributed by atoms with van der Waals surface area (Å²) < 4.78 is 5.07. The molecular weight excluding hydrogens is 228 g/mol. The first kappa shape index (κ1) is 12.6.